The predicted octanol–water partition coefficient (Wildman–Crippen LogP) is 0.0313. The second-order valence-electron chi connectivity index (χ2n) is 5.63. The zero-order valence-corrected chi connectivity index (χ0v) is 13.0. The number of nitrogens with zero attached hydrogens (tertiary/aromatic N) is 4. The molecule has 0 unspecified atom stereocenters. The summed E-state index contributed by atoms with van der Waals surface area (Å²) in [5.41, 5.74) is 2.31. The van der Waals surface area contributed by atoms with Crippen molar-refractivity contribution in [1.82, 2.24) is 14.9 Å². The first-order valence-electron chi connectivity index (χ1n) is 7.69. The lowest BCUT2D eigenvalue weighted by Crippen LogP contribution is -2.47. The van der Waals surface area contributed by atoms with Gasteiger partial charge in [0.25, 0.3) is 0 Å². The lowest BCUT2D eigenvalue weighted by Gasteiger charge is -2.34. The maximum absolute atomic E-state index is 5.79. The first-order chi connectivity index (χ1) is 10.8. The second-order valence-corrected chi connectivity index (χ2v) is 5.63. The Hall–Kier alpha value is -1.92. The van der Waals surface area contributed by atoms with E-state index in [0.717, 1.165) is 37.6 Å². The summed E-state index contributed by atoms with van der Waals surface area (Å²) in [5.74, 6) is 0.829. The van der Waals surface area contributed by atoms with Gasteiger partial charge >= 0.3 is 0 Å². The highest BCUT2D eigenvalue weighted by atomic mass is 16.5. The lowest BCUT2D eigenvalue weighted by molar-refractivity contribution is 0.0160. The number of hydrogen-bond donors (Lipinski definition) is 0. The van der Waals surface area contributed by atoms with Gasteiger partial charge in [-0.3, -0.25) is 4.90 Å². The summed E-state index contributed by atoms with van der Waals surface area (Å²) in [5, 5.41) is 0. The summed E-state index contributed by atoms with van der Waals surface area (Å²) in [7, 11) is 2.01. The van der Waals surface area contributed by atoms with Crippen LogP contribution in [0.25, 0.3) is 0 Å². The standard InChI is InChI=1S/C16H21BN4O/c17-15-10-18-16(19-11-15)21-8-6-20(7-9-21)13-22-12-14-4-2-1-3-5-14/h1-5,10-11H,6-9,12-13,17H2. The predicted molar refractivity (Wildman–Crippen MR) is 90.1 cm³/mol. The molecule has 1 aliphatic rings. The summed E-state index contributed by atoms with van der Waals surface area (Å²) in [6.45, 7) is 5.19. The van der Waals surface area contributed by atoms with Gasteiger partial charge in [-0.1, -0.05) is 35.8 Å². The quantitative estimate of drug-likeness (QED) is 0.728. The summed E-state index contributed by atoms with van der Waals surface area (Å²) >= 11 is 0. The molecule has 0 aliphatic carbocycles. The molecule has 3 rings (SSSR count). The maximum atomic E-state index is 5.79. The molecule has 1 aliphatic heterocycles. The molecule has 0 N–H and O–H groups in total. The molecule has 1 fully saturated rings. The monoisotopic (exact) mass is 296 g/mol. The molecule has 6 heteroatoms. The molecule has 1 saturated heterocycles. The van der Waals surface area contributed by atoms with Gasteiger partial charge in [0.1, 0.15) is 7.85 Å². The van der Waals surface area contributed by atoms with Crippen molar-refractivity contribution in [3.8, 4) is 0 Å². The van der Waals surface area contributed by atoms with Gasteiger partial charge in [0.05, 0.1) is 13.3 Å². The molecule has 22 heavy (non-hydrogen) atoms. The van der Waals surface area contributed by atoms with Gasteiger partial charge in [-0.15, -0.1) is 0 Å². The van der Waals surface area contributed by atoms with Crippen molar-refractivity contribution in [2.45, 2.75) is 6.61 Å². The Morgan fingerprint density at radius 1 is 1.00 bits per heavy atom. The number of hydrogen-bond acceptors (Lipinski definition) is 5. The van der Waals surface area contributed by atoms with E-state index < -0.39 is 0 Å². The van der Waals surface area contributed by atoms with Crippen LogP contribution in [0.1, 0.15) is 5.56 Å². The molecule has 2 aromatic rings. The van der Waals surface area contributed by atoms with Crippen molar-refractivity contribution in [2.24, 2.45) is 0 Å². The van der Waals surface area contributed by atoms with Crippen LogP contribution in [0.5, 0.6) is 0 Å². The van der Waals surface area contributed by atoms with Crippen molar-refractivity contribution in [1.29, 1.82) is 0 Å². The van der Waals surface area contributed by atoms with E-state index in [-0.39, 0.29) is 0 Å². The van der Waals surface area contributed by atoms with Crippen LogP contribution in [0.4, 0.5) is 5.95 Å². The highest BCUT2D eigenvalue weighted by Gasteiger charge is 2.18. The summed E-state index contributed by atoms with van der Waals surface area (Å²) in [6, 6.07) is 10.3. The molecule has 0 amide bonds. The molecule has 0 spiro atoms. The van der Waals surface area contributed by atoms with Crippen LogP contribution in [0.15, 0.2) is 42.7 Å². The van der Waals surface area contributed by atoms with E-state index in [9.17, 15) is 0 Å². The van der Waals surface area contributed by atoms with Crippen LogP contribution in [0, 0.1) is 0 Å². The van der Waals surface area contributed by atoms with E-state index in [2.05, 4.69) is 31.9 Å². The van der Waals surface area contributed by atoms with Gasteiger partial charge in [0.2, 0.25) is 5.95 Å². The van der Waals surface area contributed by atoms with Crippen LogP contribution in [-0.4, -0.2) is 55.6 Å². The SMILES string of the molecule is Bc1cnc(N2CCN(COCc3ccccc3)CC2)nc1. The Labute approximate surface area is 132 Å². The molecular formula is C16H21BN4O. The Morgan fingerprint density at radius 3 is 2.36 bits per heavy atom. The van der Waals surface area contributed by atoms with E-state index >= 15 is 0 Å². The minimum Gasteiger partial charge on any atom is -0.361 e. The Bertz CT molecular complexity index is 570. The van der Waals surface area contributed by atoms with E-state index in [4.69, 9.17) is 4.74 Å². The van der Waals surface area contributed by atoms with Gasteiger partial charge < -0.3 is 9.64 Å². The minimum absolute atomic E-state index is 0.669. The molecule has 0 saturated carbocycles. The highest BCUT2D eigenvalue weighted by Crippen LogP contribution is 2.09. The third-order valence-electron chi connectivity index (χ3n) is 3.81. The van der Waals surface area contributed by atoms with Crippen molar-refractivity contribution in [3.63, 3.8) is 0 Å². The smallest absolute Gasteiger partial charge is 0.225 e. The Kier molecular flexibility index (Phi) is 5.03. The number of aromatic nitrogens is 2. The lowest BCUT2D eigenvalue weighted by atomic mass is 10.0. The first-order valence-corrected chi connectivity index (χ1v) is 7.69. The summed E-state index contributed by atoms with van der Waals surface area (Å²) in [4.78, 5) is 13.3. The largest absolute Gasteiger partial charge is 0.361 e. The Morgan fingerprint density at radius 2 is 1.68 bits per heavy atom. The third kappa shape index (κ3) is 4.05. The zero-order valence-electron chi connectivity index (χ0n) is 13.0. The third-order valence-corrected chi connectivity index (χ3v) is 3.81. The van der Waals surface area contributed by atoms with Crippen molar-refractivity contribution >= 4 is 19.3 Å². The van der Waals surface area contributed by atoms with Gasteiger partial charge in [-0.05, 0) is 5.56 Å². The molecule has 0 bridgehead atoms. The number of benzene rings is 1. The average Bonchev–Trinajstić information content (AvgIpc) is 2.57. The number of anilines is 1. The van der Waals surface area contributed by atoms with Gasteiger partial charge in [0.15, 0.2) is 0 Å². The molecule has 1 aromatic heterocycles. The first kappa shape index (κ1) is 15.0. The van der Waals surface area contributed by atoms with E-state index in [1.165, 1.54) is 5.56 Å². The minimum atomic E-state index is 0.669. The van der Waals surface area contributed by atoms with Crippen LogP contribution >= 0.6 is 0 Å². The van der Waals surface area contributed by atoms with Crippen molar-refractivity contribution in [2.75, 3.05) is 37.8 Å². The molecule has 0 atom stereocenters. The number of piperazine rings is 1. The molecule has 5 nitrogen and oxygen atoms in total. The van der Waals surface area contributed by atoms with Crippen LogP contribution in [0.3, 0.4) is 0 Å². The van der Waals surface area contributed by atoms with E-state index in [1.807, 2.05) is 38.4 Å². The van der Waals surface area contributed by atoms with Gasteiger partial charge in [-0.25, -0.2) is 9.97 Å². The summed E-state index contributed by atoms with van der Waals surface area (Å²) < 4.78 is 5.79. The van der Waals surface area contributed by atoms with Gasteiger partial charge in [-0.2, -0.15) is 0 Å². The van der Waals surface area contributed by atoms with E-state index in [0.29, 0.717) is 13.3 Å². The van der Waals surface area contributed by atoms with Crippen molar-refractivity contribution < 1.29 is 4.74 Å². The second kappa shape index (κ2) is 7.38. The van der Waals surface area contributed by atoms with Crippen LogP contribution < -0.4 is 10.4 Å². The zero-order chi connectivity index (χ0) is 15.2. The Balaban J connectivity index is 1.41. The number of rotatable bonds is 5. The number of ether oxygens (including phenoxy) is 1. The normalized spacial score (nSPS) is 15.9. The molecular weight excluding hydrogens is 275 g/mol. The fourth-order valence-electron chi connectivity index (χ4n) is 2.49. The summed E-state index contributed by atoms with van der Waals surface area (Å²) in [6.07, 6.45) is 3.75. The molecule has 2 heterocycles. The van der Waals surface area contributed by atoms with E-state index in [1.54, 1.807) is 0 Å². The topological polar surface area (TPSA) is 41.5 Å². The fourth-order valence-corrected chi connectivity index (χ4v) is 2.49. The molecule has 0 radical (unpaired) electrons. The van der Waals surface area contributed by atoms with Gasteiger partial charge in [0, 0.05) is 38.6 Å². The van der Waals surface area contributed by atoms with Crippen molar-refractivity contribution in [3.05, 3.63) is 48.3 Å². The van der Waals surface area contributed by atoms with Crippen LogP contribution in [0.2, 0.25) is 0 Å². The fraction of sp³-hybridized carbons (Fsp3) is 0.375. The molecule has 114 valence electrons. The molecule has 1 aromatic carbocycles. The highest BCUT2D eigenvalue weighted by molar-refractivity contribution is 6.31. The average molecular weight is 296 g/mol. The maximum Gasteiger partial charge on any atom is 0.225 e. The van der Waals surface area contributed by atoms with Crippen LogP contribution in [-0.2, 0) is 11.3 Å².